The number of carbonyl (C=O) groups excluding carboxylic acids is 3. The standard InChI is InChI=1S/C21H21N3O4S/c1-3-23-20(26)14(2)28-21(27)17-9-4-5-10-18(17)29-13-19(25)24-16-8-6-7-15(11-16)12-22/h4-11,14H,3,13H2,1-2H3,(H,23,26)(H,24,25)/t14-/m1/s1. The average Bonchev–Trinajstić information content (AvgIpc) is 2.72. The molecule has 0 aliphatic carbocycles. The number of benzene rings is 2. The molecule has 0 spiro atoms. The van der Waals surface area contributed by atoms with Crippen molar-refractivity contribution in [3.63, 3.8) is 0 Å². The van der Waals surface area contributed by atoms with Gasteiger partial charge in [0.2, 0.25) is 5.91 Å². The van der Waals surface area contributed by atoms with Gasteiger partial charge in [0.05, 0.1) is 22.9 Å². The van der Waals surface area contributed by atoms with E-state index >= 15 is 0 Å². The van der Waals surface area contributed by atoms with Crippen LogP contribution in [0.25, 0.3) is 0 Å². The Morgan fingerprint density at radius 2 is 1.93 bits per heavy atom. The molecule has 0 unspecified atom stereocenters. The predicted molar refractivity (Wildman–Crippen MR) is 111 cm³/mol. The molecule has 0 saturated carbocycles. The summed E-state index contributed by atoms with van der Waals surface area (Å²) in [4.78, 5) is 37.0. The average molecular weight is 411 g/mol. The van der Waals surface area contributed by atoms with Gasteiger partial charge >= 0.3 is 5.97 Å². The largest absolute Gasteiger partial charge is 0.449 e. The number of rotatable bonds is 8. The van der Waals surface area contributed by atoms with E-state index in [0.717, 1.165) is 0 Å². The van der Waals surface area contributed by atoms with Gasteiger partial charge in [0.25, 0.3) is 5.91 Å². The minimum absolute atomic E-state index is 0.0624. The molecule has 0 saturated heterocycles. The van der Waals surface area contributed by atoms with Gasteiger partial charge < -0.3 is 15.4 Å². The van der Waals surface area contributed by atoms with E-state index in [-0.39, 0.29) is 23.1 Å². The number of carbonyl (C=O) groups is 3. The first kappa shape index (κ1) is 22.0. The number of nitriles is 1. The Labute approximate surface area is 173 Å². The summed E-state index contributed by atoms with van der Waals surface area (Å²) in [6.45, 7) is 3.72. The molecule has 150 valence electrons. The normalized spacial score (nSPS) is 11.1. The number of ether oxygens (including phenoxy) is 1. The maximum absolute atomic E-state index is 12.4. The molecule has 1 atom stereocenters. The fraction of sp³-hybridized carbons (Fsp3) is 0.238. The molecular formula is C21H21N3O4S. The number of likely N-dealkylation sites (N-methyl/N-ethyl adjacent to an activating group) is 1. The van der Waals surface area contributed by atoms with E-state index in [2.05, 4.69) is 10.6 Å². The van der Waals surface area contributed by atoms with Gasteiger partial charge in [-0.15, -0.1) is 11.8 Å². The Balaban J connectivity index is 1.99. The molecule has 0 radical (unpaired) electrons. The first-order valence-corrected chi connectivity index (χ1v) is 9.93. The Hall–Kier alpha value is -3.31. The number of hydrogen-bond acceptors (Lipinski definition) is 6. The number of anilines is 1. The lowest BCUT2D eigenvalue weighted by Crippen LogP contribution is -2.35. The van der Waals surface area contributed by atoms with Gasteiger partial charge in [-0.3, -0.25) is 9.59 Å². The minimum Gasteiger partial charge on any atom is -0.449 e. The molecule has 0 aliphatic rings. The van der Waals surface area contributed by atoms with E-state index in [1.165, 1.54) is 18.7 Å². The quantitative estimate of drug-likeness (QED) is 0.511. The number of thioether (sulfide) groups is 1. The number of amides is 2. The van der Waals surface area contributed by atoms with Crippen molar-refractivity contribution >= 4 is 35.2 Å². The van der Waals surface area contributed by atoms with Crippen LogP contribution in [0.2, 0.25) is 0 Å². The summed E-state index contributed by atoms with van der Waals surface area (Å²) in [5.41, 5.74) is 1.26. The summed E-state index contributed by atoms with van der Waals surface area (Å²) in [6.07, 6.45) is -0.920. The van der Waals surface area contributed by atoms with Crippen LogP contribution in [-0.4, -0.2) is 36.2 Å². The molecule has 0 bridgehead atoms. The Kier molecular flexibility index (Phi) is 8.25. The van der Waals surface area contributed by atoms with Crippen LogP contribution in [0.15, 0.2) is 53.4 Å². The molecule has 0 aromatic heterocycles. The fourth-order valence-corrected chi connectivity index (χ4v) is 3.20. The highest BCUT2D eigenvalue weighted by molar-refractivity contribution is 8.00. The van der Waals surface area contributed by atoms with Crippen LogP contribution in [0.3, 0.4) is 0 Å². The van der Waals surface area contributed by atoms with Crippen molar-refractivity contribution < 1.29 is 19.1 Å². The Bertz CT molecular complexity index is 940. The smallest absolute Gasteiger partial charge is 0.340 e. The van der Waals surface area contributed by atoms with Gasteiger partial charge in [0.1, 0.15) is 0 Å². The third kappa shape index (κ3) is 6.66. The van der Waals surface area contributed by atoms with Crippen LogP contribution in [0, 0.1) is 11.3 Å². The van der Waals surface area contributed by atoms with E-state index in [4.69, 9.17) is 10.00 Å². The molecule has 2 aromatic rings. The lowest BCUT2D eigenvalue weighted by molar-refractivity contribution is -0.129. The maximum atomic E-state index is 12.4. The fourth-order valence-electron chi connectivity index (χ4n) is 2.36. The molecule has 7 nitrogen and oxygen atoms in total. The highest BCUT2D eigenvalue weighted by atomic mass is 32.2. The zero-order valence-corrected chi connectivity index (χ0v) is 16.9. The van der Waals surface area contributed by atoms with Crippen LogP contribution in [0.1, 0.15) is 29.8 Å². The molecule has 0 fully saturated rings. The van der Waals surface area contributed by atoms with Crippen molar-refractivity contribution in [2.75, 3.05) is 17.6 Å². The minimum atomic E-state index is -0.920. The second-order valence-corrected chi connectivity index (χ2v) is 6.98. The third-order valence-electron chi connectivity index (χ3n) is 3.75. The first-order valence-electron chi connectivity index (χ1n) is 8.95. The molecular weight excluding hydrogens is 390 g/mol. The van der Waals surface area contributed by atoms with Crippen molar-refractivity contribution in [1.82, 2.24) is 5.32 Å². The second kappa shape index (κ2) is 10.9. The predicted octanol–water partition coefficient (Wildman–Crippen LogP) is 2.97. The maximum Gasteiger partial charge on any atom is 0.340 e. The van der Waals surface area contributed by atoms with Crippen LogP contribution in [-0.2, 0) is 14.3 Å². The lowest BCUT2D eigenvalue weighted by atomic mass is 10.2. The van der Waals surface area contributed by atoms with Gasteiger partial charge in [-0.2, -0.15) is 5.26 Å². The van der Waals surface area contributed by atoms with E-state index in [1.807, 2.05) is 6.07 Å². The Morgan fingerprint density at radius 1 is 1.17 bits per heavy atom. The summed E-state index contributed by atoms with van der Waals surface area (Å²) >= 11 is 1.18. The van der Waals surface area contributed by atoms with Crippen molar-refractivity contribution in [3.8, 4) is 6.07 Å². The van der Waals surface area contributed by atoms with Gasteiger partial charge in [0, 0.05) is 17.1 Å². The first-order chi connectivity index (χ1) is 13.9. The lowest BCUT2D eigenvalue weighted by Gasteiger charge is -2.14. The summed E-state index contributed by atoms with van der Waals surface area (Å²) in [5.74, 6) is -1.21. The van der Waals surface area contributed by atoms with Gasteiger partial charge in [0.15, 0.2) is 6.10 Å². The van der Waals surface area contributed by atoms with Crippen molar-refractivity contribution in [2.24, 2.45) is 0 Å². The van der Waals surface area contributed by atoms with Crippen LogP contribution >= 0.6 is 11.8 Å². The SMILES string of the molecule is CCNC(=O)[C@@H](C)OC(=O)c1ccccc1SCC(=O)Nc1cccc(C#N)c1. The summed E-state index contributed by atoms with van der Waals surface area (Å²) in [5, 5.41) is 14.2. The summed E-state index contributed by atoms with van der Waals surface area (Å²) < 4.78 is 5.22. The number of nitrogens with zero attached hydrogens (tertiary/aromatic N) is 1. The zero-order valence-electron chi connectivity index (χ0n) is 16.1. The van der Waals surface area contributed by atoms with Crippen LogP contribution < -0.4 is 10.6 Å². The van der Waals surface area contributed by atoms with Crippen molar-refractivity contribution in [1.29, 1.82) is 5.26 Å². The molecule has 8 heteroatoms. The molecule has 2 amide bonds. The van der Waals surface area contributed by atoms with E-state index in [0.29, 0.717) is 22.7 Å². The highest BCUT2D eigenvalue weighted by Crippen LogP contribution is 2.24. The Morgan fingerprint density at radius 3 is 2.66 bits per heavy atom. The van der Waals surface area contributed by atoms with E-state index in [1.54, 1.807) is 55.5 Å². The summed E-state index contributed by atoms with van der Waals surface area (Å²) in [7, 11) is 0. The van der Waals surface area contributed by atoms with Gasteiger partial charge in [-0.05, 0) is 44.2 Å². The van der Waals surface area contributed by atoms with Crippen molar-refractivity contribution in [3.05, 3.63) is 59.7 Å². The van der Waals surface area contributed by atoms with Crippen LogP contribution in [0.4, 0.5) is 5.69 Å². The number of hydrogen-bond donors (Lipinski definition) is 2. The van der Waals surface area contributed by atoms with Crippen molar-refractivity contribution in [2.45, 2.75) is 24.8 Å². The van der Waals surface area contributed by atoms with Crippen LogP contribution in [0.5, 0.6) is 0 Å². The third-order valence-corrected chi connectivity index (χ3v) is 4.82. The monoisotopic (exact) mass is 411 g/mol. The molecule has 2 rings (SSSR count). The molecule has 2 N–H and O–H groups in total. The van der Waals surface area contributed by atoms with E-state index in [9.17, 15) is 14.4 Å². The molecule has 29 heavy (non-hydrogen) atoms. The highest BCUT2D eigenvalue weighted by Gasteiger charge is 2.20. The van der Waals surface area contributed by atoms with Gasteiger partial charge in [-0.25, -0.2) is 4.79 Å². The zero-order chi connectivity index (χ0) is 21.2. The number of nitrogens with one attached hydrogen (secondary N) is 2. The molecule has 0 heterocycles. The molecule has 0 aliphatic heterocycles. The van der Waals surface area contributed by atoms with E-state index < -0.39 is 12.1 Å². The second-order valence-electron chi connectivity index (χ2n) is 5.97. The molecule has 2 aromatic carbocycles. The summed E-state index contributed by atoms with van der Waals surface area (Å²) in [6, 6.07) is 15.3. The van der Waals surface area contributed by atoms with Gasteiger partial charge in [-0.1, -0.05) is 18.2 Å². The topological polar surface area (TPSA) is 108 Å². The number of esters is 1.